The third kappa shape index (κ3) is 3.12. The molecule has 24 heavy (non-hydrogen) atoms. The third-order valence-electron chi connectivity index (χ3n) is 4.55. The lowest BCUT2D eigenvalue weighted by Gasteiger charge is -2.34. The summed E-state index contributed by atoms with van der Waals surface area (Å²) in [4.78, 5) is 18.6. The molecular formula is C19H23N3O2. The monoisotopic (exact) mass is 325 g/mol. The fraction of sp³-hybridized carbons (Fsp3) is 0.368. The van der Waals surface area contributed by atoms with Crippen LogP contribution in [0.15, 0.2) is 42.6 Å². The summed E-state index contributed by atoms with van der Waals surface area (Å²) in [6, 6.07) is 11.4. The van der Waals surface area contributed by atoms with E-state index in [0.29, 0.717) is 17.8 Å². The molecule has 1 aliphatic carbocycles. The van der Waals surface area contributed by atoms with Crippen LogP contribution in [-0.2, 0) is 12.0 Å². The van der Waals surface area contributed by atoms with Crippen LogP contribution in [0.5, 0.6) is 0 Å². The van der Waals surface area contributed by atoms with E-state index in [1.807, 2.05) is 38.4 Å². The standard InChI is InChI=1S/C19H23N3O2/c1-22(2)17-15(9-6-12-20-17)18(23)21-13-19(24)11-5-8-14-7-3-4-10-16(14)19/h3-4,6-7,9-10,12,24H,5,8,11,13H2,1-2H3,(H,21,23). The Labute approximate surface area is 142 Å². The molecule has 1 aromatic heterocycles. The number of nitrogens with zero attached hydrogens (tertiary/aromatic N) is 2. The first-order valence-corrected chi connectivity index (χ1v) is 8.22. The quantitative estimate of drug-likeness (QED) is 0.903. The zero-order valence-corrected chi connectivity index (χ0v) is 14.1. The van der Waals surface area contributed by atoms with Crippen molar-refractivity contribution in [3.05, 3.63) is 59.3 Å². The average molecular weight is 325 g/mol. The Bertz CT molecular complexity index is 745. The molecule has 0 aliphatic heterocycles. The summed E-state index contributed by atoms with van der Waals surface area (Å²) in [5.41, 5.74) is 1.59. The minimum absolute atomic E-state index is 0.199. The lowest BCUT2D eigenvalue weighted by molar-refractivity contribution is 0.0189. The Morgan fingerprint density at radius 1 is 1.29 bits per heavy atom. The smallest absolute Gasteiger partial charge is 0.255 e. The van der Waals surface area contributed by atoms with Gasteiger partial charge in [0.1, 0.15) is 11.4 Å². The summed E-state index contributed by atoms with van der Waals surface area (Å²) in [6.45, 7) is 0.199. The summed E-state index contributed by atoms with van der Waals surface area (Å²) in [5, 5.41) is 13.9. The number of benzene rings is 1. The zero-order valence-electron chi connectivity index (χ0n) is 14.1. The first-order chi connectivity index (χ1) is 11.5. The van der Waals surface area contributed by atoms with Crippen LogP contribution in [0.1, 0.15) is 34.3 Å². The maximum atomic E-state index is 12.6. The minimum atomic E-state index is -1.01. The molecule has 1 unspecified atom stereocenters. The van der Waals surface area contributed by atoms with Crippen LogP contribution in [-0.4, -0.2) is 36.6 Å². The number of hydrogen-bond donors (Lipinski definition) is 2. The van der Waals surface area contributed by atoms with Crippen molar-refractivity contribution in [3.63, 3.8) is 0 Å². The van der Waals surface area contributed by atoms with Gasteiger partial charge in [-0.3, -0.25) is 4.79 Å². The molecule has 0 saturated carbocycles. The van der Waals surface area contributed by atoms with Crippen LogP contribution in [0.3, 0.4) is 0 Å². The summed E-state index contributed by atoms with van der Waals surface area (Å²) in [7, 11) is 3.70. The number of rotatable bonds is 4. The largest absolute Gasteiger partial charge is 0.383 e. The van der Waals surface area contributed by atoms with E-state index in [4.69, 9.17) is 0 Å². The van der Waals surface area contributed by atoms with E-state index >= 15 is 0 Å². The maximum Gasteiger partial charge on any atom is 0.255 e. The Morgan fingerprint density at radius 2 is 2.08 bits per heavy atom. The Hall–Kier alpha value is -2.40. The molecule has 5 heteroatoms. The number of pyridine rings is 1. The summed E-state index contributed by atoms with van der Waals surface area (Å²) in [6.07, 6.45) is 4.20. The molecule has 0 spiro atoms. The minimum Gasteiger partial charge on any atom is -0.383 e. The van der Waals surface area contributed by atoms with Gasteiger partial charge in [0.05, 0.1) is 12.1 Å². The van der Waals surface area contributed by atoms with Crippen LogP contribution in [0.2, 0.25) is 0 Å². The first kappa shape index (κ1) is 16.5. The zero-order chi connectivity index (χ0) is 17.2. The molecule has 0 saturated heterocycles. The fourth-order valence-corrected chi connectivity index (χ4v) is 3.33. The number of aliphatic hydroxyl groups is 1. The maximum absolute atomic E-state index is 12.6. The van der Waals surface area contributed by atoms with Crippen molar-refractivity contribution in [3.8, 4) is 0 Å². The van der Waals surface area contributed by atoms with Gasteiger partial charge in [-0.05, 0) is 42.5 Å². The van der Waals surface area contributed by atoms with Gasteiger partial charge in [0.15, 0.2) is 0 Å². The second-order valence-corrected chi connectivity index (χ2v) is 6.49. The molecule has 2 N–H and O–H groups in total. The highest BCUT2D eigenvalue weighted by atomic mass is 16.3. The Balaban J connectivity index is 1.78. The van der Waals surface area contributed by atoms with Gasteiger partial charge in [-0.1, -0.05) is 24.3 Å². The van der Waals surface area contributed by atoms with E-state index in [-0.39, 0.29) is 12.5 Å². The highest BCUT2D eigenvalue weighted by molar-refractivity contribution is 5.98. The lowest BCUT2D eigenvalue weighted by Crippen LogP contribution is -2.43. The highest BCUT2D eigenvalue weighted by Crippen LogP contribution is 2.34. The molecule has 0 fully saturated rings. The predicted octanol–water partition coefficient (Wildman–Crippen LogP) is 2.10. The molecule has 1 amide bonds. The molecule has 2 aromatic rings. The van der Waals surface area contributed by atoms with Gasteiger partial charge in [0.2, 0.25) is 0 Å². The number of hydrogen-bond acceptors (Lipinski definition) is 4. The second-order valence-electron chi connectivity index (χ2n) is 6.49. The van der Waals surface area contributed by atoms with Crippen LogP contribution in [0.4, 0.5) is 5.82 Å². The van der Waals surface area contributed by atoms with Gasteiger partial charge in [-0.2, -0.15) is 0 Å². The number of carbonyl (C=O) groups is 1. The molecule has 126 valence electrons. The first-order valence-electron chi connectivity index (χ1n) is 8.22. The fourth-order valence-electron chi connectivity index (χ4n) is 3.33. The normalized spacial score (nSPS) is 19.5. The summed E-state index contributed by atoms with van der Waals surface area (Å²) in [5.74, 6) is 0.398. The van der Waals surface area contributed by atoms with E-state index in [0.717, 1.165) is 24.0 Å². The van der Waals surface area contributed by atoms with Gasteiger partial charge in [0.25, 0.3) is 5.91 Å². The Kier molecular flexibility index (Phi) is 4.53. The molecule has 1 aliphatic rings. The van der Waals surface area contributed by atoms with Crippen LogP contribution in [0.25, 0.3) is 0 Å². The van der Waals surface area contributed by atoms with Crippen molar-refractivity contribution in [2.24, 2.45) is 0 Å². The molecule has 5 nitrogen and oxygen atoms in total. The number of amides is 1. The molecule has 3 rings (SSSR count). The lowest BCUT2D eigenvalue weighted by atomic mass is 9.79. The van der Waals surface area contributed by atoms with Crippen molar-refractivity contribution in [1.82, 2.24) is 10.3 Å². The predicted molar refractivity (Wildman–Crippen MR) is 94.2 cm³/mol. The molecule has 1 aromatic carbocycles. The van der Waals surface area contributed by atoms with E-state index < -0.39 is 5.60 Å². The number of carbonyl (C=O) groups excluding carboxylic acids is 1. The topological polar surface area (TPSA) is 65.5 Å². The van der Waals surface area contributed by atoms with E-state index in [1.54, 1.807) is 23.2 Å². The van der Waals surface area contributed by atoms with Gasteiger partial charge in [0, 0.05) is 20.3 Å². The second kappa shape index (κ2) is 6.61. The Morgan fingerprint density at radius 3 is 2.88 bits per heavy atom. The molecular weight excluding hydrogens is 302 g/mol. The average Bonchev–Trinajstić information content (AvgIpc) is 2.60. The van der Waals surface area contributed by atoms with Gasteiger partial charge in [-0.25, -0.2) is 4.98 Å². The van der Waals surface area contributed by atoms with Crippen LogP contribution < -0.4 is 10.2 Å². The third-order valence-corrected chi connectivity index (χ3v) is 4.55. The number of aromatic nitrogens is 1. The van der Waals surface area contributed by atoms with Crippen LogP contribution in [0, 0.1) is 0 Å². The number of fused-ring (bicyclic) bond motifs is 1. The van der Waals surface area contributed by atoms with Crippen molar-refractivity contribution < 1.29 is 9.90 Å². The van der Waals surface area contributed by atoms with Gasteiger partial charge in [-0.15, -0.1) is 0 Å². The number of aryl methyl sites for hydroxylation is 1. The van der Waals surface area contributed by atoms with E-state index in [1.165, 1.54) is 0 Å². The number of nitrogens with one attached hydrogen (secondary N) is 1. The molecule has 1 atom stereocenters. The van der Waals surface area contributed by atoms with E-state index in [2.05, 4.69) is 10.3 Å². The highest BCUT2D eigenvalue weighted by Gasteiger charge is 2.34. The van der Waals surface area contributed by atoms with Gasteiger partial charge >= 0.3 is 0 Å². The van der Waals surface area contributed by atoms with Gasteiger partial charge < -0.3 is 15.3 Å². The SMILES string of the molecule is CN(C)c1ncccc1C(=O)NCC1(O)CCCc2ccccc21. The molecule has 1 heterocycles. The molecule has 0 radical (unpaired) electrons. The summed E-state index contributed by atoms with van der Waals surface area (Å²) >= 11 is 0. The van der Waals surface area contributed by atoms with Crippen molar-refractivity contribution in [2.75, 3.05) is 25.5 Å². The van der Waals surface area contributed by atoms with E-state index in [9.17, 15) is 9.90 Å². The molecule has 0 bridgehead atoms. The van der Waals surface area contributed by atoms with Crippen molar-refractivity contribution >= 4 is 11.7 Å². The summed E-state index contributed by atoms with van der Waals surface area (Å²) < 4.78 is 0. The number of anilines is 1. The van der Waals surface area contributed by atoms with Crippen molar-refractivity contribution in [1.29, 1.82) is 0 Å². The van der Waals surface area contributed by atoms with Crippen molar-refractivity contribution in [2.45, 2.75) is 24.9 Å². The van der Waals surface area contributed by atoms with Crippen LogP contribution >= 0.6 is 0 Å².